The number of carbonyl (C=O) groups is 1. The van der Waals surface area contributed by atoms with Gasteiger partial charge in [0.05, 0.1) is 0 Å². The van der Waals surface area contributed by atoms with Crippen molar-refractivity contribution < 1.29 is 4.79 Å². The Kier molecular flexibility index (Phi) is 1.89. The van der Waals surface area contributed by atoms with E-state index in [4.69, 9.17) is 0 Å². The lowest BCUT2D eigenvalue weighted by atomic mass is 10.1. The average Bonchev–Trinajstić information content (AvgIpc) is 2.42. The summed E-state index contributed by atoms with van der Waals surface area (Å²) in [5, 5.41) is 0. The minimum atomic E-state index is 0.342. The van der Waals surface area contributed by atoms with E-state index in [-0.39, 0.29) is 0 Å². The predicted octanol–water partition coefficient (Wildman–Crippen LogP) is 2.01. The third kappa shape index (κ3) is 2.17. The third-order valence-electron chi connectivity index (χ3n) is 2.14. The number of hydrogen-bond acceptors (Lipinski definition) is 1. The molecule has 0 amide bonds. The maximum absolute atomic E-state index is 10.5. The molecule has 0 bridgehead atoms. The molecule has 0 spiro atoms. The Morgan fingerprint density at radius 1 is 1.67 bits per heavy atom. The minimum Gasteiger partial charge on any atom is -0.300 e. The maximum atomic E-state index is 10.5. The molecule has 1 rings (SSSR count). The third-order valence-corrected chi connectivity index (χ3v) is 2.14. The second-order valence-corrected chi connectivity index (χ2v) is 3.21. The number of hydrogen-bond donors (Lipinski definition) is 0. The number of ketones is 1. The predicted molar refractivity (Wildman–Crippen MR) is 37.2 cm³/mol. The zero-order valence-corrected chi connectivity index (χ0v) is 6.18. The molecule has 9 heavy (non-hydrogen) atoms. The van der Waals surface area contributed by atoms with Gasteiger partial charge in [-0.3, -0.25) is 0 Å². The Bertz CT molecular complexity index is 118. The summed E-state index contributed by atoms with van der Waals surface area (Å²) < 4.78 is 0. The Hall–Kier alpha value is -0.330. The van der Waals surface area contributed by atoms with Gasteiger partial charge in [0.25, 0.3) is 0 Å². The topological polar surface area (TPSA) is 17.1 Å². The number of rotatable bonds is 3. The van der Waals surface area contributed by atoms with Crippen molar-refractivity contribution in [3.8, 4) is 0 Å². The molecule has 0 N–H and O–H groups in total. The van der Waals surface area contributed by atoms with E-state index in [0.717, 1.165) is 24.7 Å². The van der Waals surface area contributed by atoms with E-state index in [1.807, 2.05) is 0 Å². The van der Waals surface area contributed by atoms with Gasteiger partial charge in [-0.25, -0.2) is 0 Å². The van der Waals surface area contributed by atoms with Gasteiger partial charge in [0, 0.05) is 6.42 Å². The molecule has 2 atom stereocenters. The molecule has 0 unspecified atom stereocenters. The van der Waals surface area contributed by atoms with Gasteiger partial charge < -0.3 is 4.79 Å². The summed E-state index contributed by atoms with van der Waals surface area (Å²) in [5.41, 5.74) is 0. The first-order valence-electron chi connectivity index (χ1n) is 3.69. The fraction of sp³-hybridized carbons (Fsp3) is 0.875. The molecule has 0 saturated heterocycles. The highest BCUT2D eigenvalue weighted by Gasteiger charge is 2.31. The molecular weight excluding hydrogens is 112 g/mol. The van der Waals surface area contributed by atoms with Crippen LogP contribution in [0.25, 0.3) is 0 Å². The largest absolute Gasteiger partial charge is 0.300 e. The molecule has 1 aliphatic carbocycles. The summed E-state index contributed by atoms with van der Waals surface area (Å²) in [6.07, 6.45) is 3.29. The summed E-state index contributed by atoms with van der Waals surface area (Å²) in [7, 11) is 0. The molecule has 0 aromatic rings. The van der Waals surface area contributed by atoms with Crippen LogP contribution in [0, 0.1) is 11.8 Å². The van der Waals surface area contributed by atoms with Crippen LogP contribution in [0.15, 0.2) is 0 Å². The van der Waals surface area contributed by atoms with E-state index in [1.165, 1.54) is 6.42 Å². The normalized spacial score (nSPS) is 32.2. The lowest BCUT2D eigenvalue weighted by Gasteiger charge is -1.91. The van der Waals surface area contributed by atoms with Crippen LogP contribution in [-0.2, 0) is 4.79 Å². The molecule has 1 aliphatic rings. The van der Waals surface area contributed by atoms with Crippen molar-refractivity contribution in [3.05, 3.63) is 0 Å². The van der Waals surface area contributed by atoms with Crippen molar-refractivity contribution in [2.24, 2.45) is 11.8 Å². The Morgan fingerprint density at radius 2 is 2.22 bits per heavy atom. The first-order valence-corrected chi connectivity index (χ1v) is 3.69. The van der Waals surface area contributed by atoms with E-state index < -0.39 is 0 Å². The van der Waals surface area contributed by atoms with Gasteiger partial charge in [-0.05, 0) is 31.6 Å². The highest BCUT2D eigenvalue weighted by atomic mass is 16.1. The van der Waals surface area contributed by atoms with E-state index in [9.17, 15) is 4.79 Å². The van der Waals surface area contributed by atoms with Crippen molar-refractivity contribution in [3.63, 3.8) is 0 Å². The standard InChI is InChI=1S/C8H14O/c1-6-5-8(6)4-3-7(2)9/h6,8H,3-5H2,1-2H3/t6-,8+/m1/s1. The number of Topliss-reactive ketones (excluding diaryl/α,β-unsaturated/α-hetero) is 1. The van der Waals surface area contributed by atoms with Gasteiger partial charge in [-0.1, -0.05) is 6.92 Å². The summed E-state index contributed by atoms with van der Waals surface area (Å²) in [6.45, 7) is 3.93. The molecule has 52 valence electrons. The molecule has 0 aromatic heterocycles. The zero-order valence-electron chi connectivity index (χ0n) is 6.18. The first kappa shape index (κ1) is 6.79. The smallest absolute Gasteiger partial charge is 0.129 e. The van der Waals surface area contributed by atoms with Crippen LogP contribution in [0.4, 0.5) is 0 Å². The van der Waals surface area contributed by atoms with Crippen LogP contribution in [-0.4, -0.2) is 5.78 Å². The van der Waals surface area contributed by atoms with E-state index in [0.29, 0.717) is 5.78 Å². The summed E-state index contributed by atoms with van der Waals surface area (Å²) in [6, 6.07) is 0. The van der Waals surface area contributed by atoms with Crippen LogP contribution in [0.2, 0.25) is 0 Å². The van der Waals surface area contributed by atoms with Crippen LogP contribution < -0.4 is 0 Å². The molecule has 1 heteroatoms. The highest BCUT2D eigenvalue weighted by molar-refractivity contribution is 5.75. The van der Waals surface area contributed by atoms with Crippen molar-refractivity contribution in [1.82, 2.24) is 0 Å². The van der Waals surface area contributed by atoms with Gasteiger partial charge in [0.1, 0.15) is 5.78 Å². The lowest BCUT2D eigenvalue weighted by Crippen LogP contribution is -1.90. The molecule has 0 radical (unpaired) electrons. The van der Waals surface area contributed by atoms with E-state index >= 15 is 0 Å². The summed E-state index contributed by atoms with van der Waals surface area (Å²) in [4.78, 5) is 10.5. The molecule has 1 nitrogen and oxygen atoms in total. The monoisotopic (exact) mass is 126 g/mol. The van der Waals surface area contributed by atoms with Crippen molar-refractivity contribution >= 4 is 5.78 Å². The second kappa shape index (κ2) is 2.51. The van der Waals surface area contributed by atoms with Crippen molar-refractivity contribution in [2.45, 2.75) is 33.1 Å². The summed E-state index contributed by atoms with van der Waals surface area (Å²) >= 11 is 0. The quantitative estimate of drug-likeness (QED) is 0.565. The first-order chi connectivity index (χ1) is 4.20. The Morgan fingerprint density at radius 3 is 2.56 bits per heavy atom. The van der Waals surface area contributed by atoms with Crippen LogP contribution in [0.3, 0.4) is 0 Å². The van der Waals surface area contributed by atoms with Crippen molar-refractivity contribution in [2.75, 3.05) is 0 Å². The lowest BCUT2D eigenvalue weighted by molar-refractivity contribution is -0.117. The SMILES string of the molecule is CC(=O)CC[C@H]1C[C@H]1C. The fourth-order valence-electron chi connectivity index (χ4n) is 1.19. The van der Waals surface area contributed by atoms with E-state index in [1.54, 1.807) is 6.92 Å². The second-order valence-electron chi connectivity index (χ2n) is 3.21. The maximum Gasteiger partial charge on any atom is 0.129 e. The van der Waals surface area contributed by atoms with Crippen molar-refractivity contribution in [1.29, 1.82) is 0 Å². The fourth-order valence-corrected chi connectivity index (χ4v) is 1.19. The average molecular weight is 126 g/mol. The van der Waals surface area contributed by atoms with Crippen LogP contribution >= 0.6 is 0 Å². The minimum absolute atomic E-state index is 0.342. The van der Waals surface area contributed by atoms with Crippen LogP contribution in [0.1, 0.15) is 33.1 Å². The van der Waals surface area contributed by atoms with Gasteiger partial charge in [-0.15, -0.1) is 0 Å². The van der Waals surface area contributed by atoms with Gasteiger partial charge in [0.15, 0.2) is 0 Å². The zero-order chi connectivity index (χ0) is 6.85. The Balaban J connectivity index is 2.00. The Labute approximate surface area is 56.4 Å². The molecular formula is C8H14O. The van der Waals surface area contributed by atoms with E-state index in [2.05, 4.69) is 6.92 Å². The number of carbonyl (C=O) groups excluding carboxylic acids is 1. The molecule has 0 aliphatic heterocycles. The summed E-state index contributed by atoms with van der Waals surface area (Å²) in [5.74, 6) is 2.13. The van der Waals surface area contributed by atoms with Gasteiger partial charge >= 0.3 is 0 Å². The molecule has 0 aromatic carbocycles. The molecule has 1 saturated carbocycles. The highest BCUT2D eigenvalue weighted by Crippen LogP contribution is 2.41. The van der Waals surface area contributed by atoms with Gasteiger partial charge in [-0.2, -0.15) is 0 Å². The molecule has 0 heterocycles. The molecule has 1 fully saturated rings. The van der Waals surface area contributed by atoms with Crippen LogP contribution in [0.5, 0.6) is 0 Å². The van der Waals surface area contributed by atoms with Gasteiger partial charge in [0.2, 0.25) is 0 Å².